The van der Waals surface area contributed by atoms with Gasteiger partial charge in [-0.05, 0) is 61.2 Å². The predicted octanol–water partition coefficient (Wildman–Crippen LogP) is 5.53. The van der Waals surface area contributed by atoms with Gasteiger partial charge in [-0.3, -0.25) is 9.59 Å². The summed E-state index contributed by atoms with van der Waals surface area (Å²) in [5.41, 5.74) is 2.41. The number of aliphatic hydroxyl groups is 1. The molecule has 1 aliphatic carbocycles. The number of nitrogens with zero attached hydrogens (tertiary/aromatic N) is 1. The third-order valence-corrected chi connectivity index (χ3v) is 6.70. The first kappa shape index (κ1) is 22.0. The van der Waals surface area contributed by atoms with E-state index in [0.29, 0.717) is 23.7 Å². The van der Waals surface area contributed by atoms with Crippen LogP contribution in [0.25, 0.3) is 5.76 Å². The second-order valence-electron chi connectivity index (χ2n) is 8.91. The Kier molecular flexibility index (Phi) is 5.97. The topological polar surface area (TPSA) is 80.0 Å². The Balaban J connectivity index is 1.48. The van der Waals surface area contributed by atoms with Crippen molar-refractivity contribution in [2.75, 3.05) is 0 Å². The maximum atomic E-state index is 13.1. The molecule has 174 valence electrons. The first-order valence-corrected chi connectivity index (χ1v) is 11.7. The van der Waals surface area contributed by atoms with Gasteiger partial charge in [0, 0.05) is 11.6 Å². The van der Waals surface area contributed by atoms with Gasteiger partial charge >= 0.3 is 0 Å². The molecule has 1 saturated carbocycles. The van der Waals surface area contributed by atoms with E-state index in [1.165, 1.54) is 6.26 Å². The molecule has 34 heavy (non-hydrogen) atoms. The van der Waals surface area contributed by atoms with Crippen LogP contribution in [0, 0.1) is 6.92 Å². The van der Waals surface area contributed by atoms with Gasteiger partial charge in [-0.1, -0.05) is 43.2 Å². The molecule has 0 bridgehead atoms. The van der Waals surface area contributed by atoms with E-state index in [9.17, 15) is 14.7 Å². The molecule has 2 fully saturated rings. The lowest BCUT2D eigenvalue weighted by Gasteiger charge is -2.29. The highest BCUT2D eigenvalue weighted by Crippen LogP contribution is 2.43. The van der Waals surface area contributed by atoms with Crippen molar-refractivity contribution in [1.82, 2.24) is 4.90 Å². The SMILES string of the molecule is Cc1cc(/C(O)=C2/C(=O)C(=O)N(C3CCCC3)C2c2ccco2)ccc1OCc1ccccc1. The number of carbonyl (C=O) groups excluding carboxylic acids is 2. The van der Waals surface area contributed by atoms with E-state index in [2.05, 4.69) is 0 Å². The second kappa shape index (κ2) is 9.21. The number of ketones is 1. The lowest BCUT2D eigenvalue weighted by Crippen LogP contribution is -2.37. The van der Waals surface area contributed by atoms with Gasteiger partial charge in [0.1, 0.15) is 29.9 Å². The van der Waals surface area contributed by atoms with Crippen molar-refractivity contribution in [3.8, 4) is 5.75 Å². The van der Waals surface area contributed by atoms with Crippen molar-refractivity contribution >= 4 is 17.4 Å². The van der Waals surface area contributed by atoms with Gasteiger partial charge in [-0.2, -0.15) is 0 Å². The molecule has 0 radical (unpaired) electrons. The van der Waals surface area contributed by atoms with Crippen LogP contribution in [-0.4, -0.2) is 27.7 Å². The molecule has 1 aromatic heterocycles. The average Bonchev–Trinajstić information content (AvgIpc) is 3.61. The summed E-state index contributed by atoms with van der Waals surface area (Å²) in [5, 5.41) is 11.3. The number of aryl methyl sites for hydroxylation is 1. The van der Waals surface area contributed by atoms with E-state index in [1.54, 1.807) is 35.2 Å². The van der Waals surface area contributed by atoms with Crippen molar-refractivity contribution < 1.29 is 23.8 Å². The summed E-state index contributed by atoms with van der Waals surface area (Å²) in [6.07, 6.45) is 5.24. The fraction of sp³-hybridized carbons (Fsp3) is 0.286. The highest BCUT2D eigenvalue weighted by atomic mass is 16.5. The van der Waals surface area contributed by atoms with Crippen LogP contribution in [0.4, 0.5) is 0 Å². The number of Topliss-reactive ketones (excluding diaryl/α,β-unsaturated/α-hetero) is 1. The molecule has 1 unspecified atom stereocenters. The largest absolute Gasteiger partial charge is 0.507 e. The Hall–Kier alpha value is -3.80. The lowest BCUT2D eigenvalue weighted by atomic mass is 9.98. The second-order valence-corrected chi connectivity index (χ2v) is 8.91. The molecule has 1 saturated heterocycles. The predicted molar refractivity (Wildman–Crippen MR) is 127 cm³/mol. The zero-order valence-corrected chi connectivity index (χ0v) is 19.1. The third kappa shape index (κ3) is 4.00. The number of likely N-dealkylation sites (tertiary alicyclic amines) is 1. The number of ether oxygens (including phenoxy) is 1. The molecule has 1 aliphatic heterocycles. The Bertz CT molecular complexity index is 1220. The maximum Gasteiger partial charge on any atom is 0.296 e. The Morgan fingerprint density at radius 3 is 2.50 bits per heavy atom. The molecule has 6 nitrogen and oxygen atoms in total. The van der Waals surface area contributed by atoms with E-state index in [1.807, 2.05) is 37.3 Å². The molecule has 2 heterocycles. The Morgan fingerprint density at radius 1 is 1.06 bits per heavy atom. The average molecular weight is 458 g/mol. The molecule has 2 aliphatic rings. The highest BCUT2D eigenvalue weighted by Gasteiger charge is 2.50. The fourth-order valence-corrected chi connectivity index (χ4v) is 4.98. The number of benzene rings is 2. The van der Waals surface area contributed by atoms with Crippen molar-refractivity contribution in [2.24, 2.45) is 0 Å². The quantitative estimate of drug-likeness (QED) is 0.299. The standard InChI is InChI=1S/C28H27NO5/c1-18-16-20(13-14-22(18)34-17-19-8-3-2-4-9-19)26(30)24-25(23-12-7-15-33-23)29(28(32)27(24)31)21-10-5-6-11-21/h2-4,7-9,12-16,21,25,30H,5-6,10-11,17H2,1H3/b26-24-. The smallest absolute Gasteiger partial charge is 0.296 e. The van der Waals surface area contributed by atoms with Crippen LogP contribution in [0.1, 0.15) is 54.2 Å². The molecule has 1 atom stereocenters. The number of hydrogen-bond acceptors (Lipinski definition) is 5. The fourth-order valence-electron chi connectivity index (χ4n) is 4.98. The Labute approximate surface area is 198 Å². The molecule has 2 aromatic carbocycles. The van der Waals surface area contributed by atoms with Crippen LogP contribution in [0.5, 0.6) is 5.75 Å². The number of furan rings is 1. The summed E-state index contributed by atoms with van der Waals surface area (Å²) in [7, 11) is 0. The number of carbonyl (C=O) groups is 2. The van der Waals surface area contributed by atoms with E-state index in [4.69, 9.17) is 9.15 Å². The molecule has 3 aromatic rings. The number of hydrogen-bond donors (Lipinski definition) is 1. The van der Waals surface area contributed by atoms with E-state index in [0.717, 1.165) is 36.8 Å². The van der Waals surface area contributed by atoms with Crippen molar-refractivity contribution in [2.45, 2.75) is 51.3 Å². The monoisotopic (exact) mass is 457 g/mol. The molecule has 6 heteroatoms. The van der Waals surface area contributed by atoms with Crippen molar-refractivity contribution in [3.05, 3.63) is 95.0 Å². The number of aliphatic hydroxyl groups excluding tert-OH is 1. The summed E-state index contributed by atoms with van der Waals surface area (Å²) in [6.45, 7) is 2.32. The van der Waals surface area contributed by atoms with Gasteiger partial charge in [-0.15, -0.1) is 0 Å². The summed E-state index contributed by atoms with van der Waals surface area (Å²) >= 11 is 0. The van der Waals surface area contributed by atoms with Gasteiger partial charge in [0.25, 0.3) is 11.7 Å². The molecule has 0 spiro atoms. The lowest BCUT2D eigenvalue weighted by molar-refractivity contribution is -0.141. The van der Waals surface area contributed by atoms with Crippen LogP contribution in [0.2, 0.25) is 0 Å². The van der Waals surface area contributed by atoms with Crippen LogP contribution in [0.3, 0.4) is 0 Å². The molecular formula is C28H27NO5. The number of rotatable bonds is 6. The van der Waals surface area contributed by atoms with Crippen LogP contribution in [0.15, 0.2) is 76.9 Å². The van der Waals surface area contributed by atoms with Crippen LogP contribution in [-0.2, 0) is 16.2 Å². The zero-order valence-electron chi connectivity index (χ0n) is 19.1. The molecule has 1 amide bonds. The summed E-state index contributed by atoms with van der Waals surface area (Å²) in [4.78, 5) is 27.8. The van der Waals surface area contributed by atoms with Gasteiger partial charge in [-0.25, -0.2) is 0 Å². The van der Waals surface area contributed by atoms with Crippen LogP contribution < -0.4 is 4.74 Å². The number of amides is 1. The summed E-state index contributed by atoms with van der Waals surface area (Å²) in [6, 6.07) is 17.8. The van der Waals surface area contributed by atoms with Crippen molar-refractivity contribution in [3.63, 3.8) is 0 Å². The summed E-state index contributed by atoms with van der Waals surface area (Å²) < 4.78 is 11.6. The highest BCUT2D eigenvalue weighted by molar-refractivity contribution is 6.46. The third-order valence-electron chi connectivity index (χ3n) is 6.70. The first-order valence-electron chi connectivity index (χ1n) is 11.7. The molecule has 1 N–H and O–H groups in total. The Morgan fingerprint density at radius 2 is 1.82 bits per heavy atom. The molecular weight excluding hydrogens is 430 g/mol. The van der Waals surface area contributed by atoms with Crippen molar-refractivity contribution in [1.29, 1.82) is 0 Å². The first-order chi connectivity index (χ1) is 16.5. The minimum absolute atomic E-state index is 0.0349. The minimum atomic E-state index is -0.729. The molecule has 5 rings (SSSR count). The van der Waals surface area contributed by atoms with Gasteiger partial charge in [0.2, 0.25) is 0 Å². The van der Waals surface area contributed by atoms with Gasteiger partial charge in [0.05, 0.1) is 11.8 Å². The van der Waals surface area contributed by atoms with Crippen LogP contribution >= 0.6 is 0 Å². The maximum absolute atomic E-state index is 13.1. The van der Waals surface area contributed by atoms with Gasteiger partial charge in [0.15, 0.2) is 0 Å². The summed E-state index contributed by atoms with van der Waals surface area (Å²) in [5.74, 6) is -0.276. The van der Waals surface area contributed by atoms with E-state index < -0.39 is 17.7 Å². The minimum Gasteiger partial charge on any atom is -0.507 e. The van der Waals surface area contributed by atoms with E-state index >= 15 is 0 Å². The van der Waals surface area contributed by atoms with E-state index in [-0.39, 0.29) is 17.4 Å². The normalized spacial score (nSPS) is 20.3. The van der Waals surface area contributed by atoms with Gasteiger partial charge < -0.3 is 19.2 Å². The zero-order chi connectivity index (χ0) is 23.7.